The molecular formula is C12H12BrN3O4S. The molecule has 1 aliphatic rings. The van der Waals surface area contributed by atoms with Crippen LogP contribution in [0.5, 0.6) is 0 Å². The first-order chi connectivity index (χ1) is 9.85. The number of hydrogen-bond donors (Lipinski definition) is 1. The Labute approximate surface area is 128 Å². The van der Waals surface area contributed by atoms with Crippen LogP contribution in [0.4, 0.5) is 0 Å². The van der Waals surface area contributed by atoms with E-state index in [0.29, 0.717) is 28.0 Å². The summed E-state index contributed by atoms with van der Waals surface area (Å²) in [6.07, 6.45) is 0.510. The molecule has 1 fully saturated rings. The Morgan fingerprint density at radius 3 is 2.90 bits per heavy atom. The molecule has 0 spiro atoms. The molecule has 0 amide bonds. The van der Waals surface area contributed by atoms with Crippen molar-refractivity contribution in [2.75, 3.05) is 11.5 Å². The van der Waals surface area contributed by atoms with E-state index < -0.39 is 9.84 Å². The van der Waals surface area contributed by atoms with E-state index in [1.807, 2.05) is 0 Å². The average molecular weight is 374 g/mol. The Bertz CT molecular complexity index is 856. The van der Waals surface area contributed by atoms with E-state index in [1.165, 1.54) is 0 Å². The lowest BCUT2D eigenvalue weighted by Crippen LogP contribution is -2.09. The molecule has 3 rings (SSSR count). The standard InChI is InChI=1S/C12H12BrN3O4S/c1-6-8(4-9(13)11(17)14-6)12-15-10(16-20-12)7-2-3-21(18,19)5-7/h4,7H,2-3,5H2,1H3,(H,14,17). The summed E-state index contributed by atoms with van der Waals surface area (Å²) < 4.78 is 28.6. The van der Waals surface area contributed by atoms with E-state index in [4.69, 9.17) is 4.52 Å². The molecule has 7 nitrogen and oxygen atoms in total. The fourth-order valence-corrected chi connectivity index (χ4v) is 4.40. The number of nitrogens with one attached hydrogen (secondary N) is 1. The lowest BCUT2D eigenvalue weighted by Gasteiger charge is -2.01. The first-order valence-corrected chi connectivity index (χ1v) is 8.91. The van der Waals surface area contributed by atoms with Crippen molar-refractivity contribution in [3.63, 3.8) is 0 Å². The third kappa shape index (κ3) is 2.80. The molecule has 112 valence electrons. The maximum absolute atomic E-state index is 11.5. The van der Waals surface area contributed by atoms with Crippen molar-refractivity contribution in [1.29, 1.82) is 0 Å². The van der Waals surface area contributed by atoms with Gasteiger partial charge in [0.2, 0.25) is 0 Å². The minimum absolute atomic E-state index is 0.0558. The second-order valence-corrected chi connectivity index (χ2v) is 8.13. The zero-order chi connectivity index (χ0) is 15.2. The number of pyridine rings is 1. The summed E-state index contributed by atoms with van der Waals surface area (Å²) in [7, 11) is -3.00. The number of halogens is 1. The summed E-state index contributed by atoms with van der Waals surface area (Å²) in [5.41, 5.74) is 0.983. The zero-order valence-electron chi connectivity index (χ0n) is 11.1. The van der Waals surface area contributed by atoms with Crippen LogP contribution in [0.25, 0.3) is 11.5 Å². The molecule has 0 aliphatic carbocycles. The molecule has 1 atom stereocenters. The number of aryl methyl sites for hydroxylation is 1. The van der Waals surface area contributed by atoms with Gasteiger partial charge < -0.3 is 9.51 Å². The highest BCUT2D eigenvalue weighted by Gasteiger charge is 2.32. The molecule has 1 N–H and O–H groups in total. The Morgan fingerprint density at radius 2 is 2.24 bits per heavy atom. The number of H-pyrrole nitrogens is 1. The number of nitrogens with zero attached hydrogens (tertiary/aromatic N) is 2. The minimum Gasteiger partial charge on any atom is -0.334 e. The topological polar surface area (TPSA) is 106 Å². The van der Waals surface area contributed by atoms with Gasteiger partial charge in [0.15, 0.2) is 15.7 Å². The molecule has 1 saturated heterocycles. The summed E-state index contributed by atoms with van der Waals surface area (Å²) in [4.78, 5) is 18.4. The Hall–Kier alpha value is -1.48. The quantitative estimate of drug-likeness (QED) is 0.852. The third-order valence-corrected chi connectivity index (χ3v) is 5.82. The Kier molecular flexibility index (Phi) is 3.48. The average Bonchev–Trinajstić information content (AvgIpc) is 3.00. The van der Waals surface area contributed by atoms with Gasteiger partial charge in [0.25, 0.3) is 11.4 Å². The van der Waals surface area contributed by atoms with Crippen LogP contribution in [0.2, 0.25) is 0 Å². The number of rotatable bonds is 2. The molecule has 0 saturated carbocycles. The maximum atomic E-state index is 11.5. The predicted molar refractivity (Wildman–Crippen MR) is 78.8 cm³/mol. The van der Waals surface area contributed by atoms with E-state index in [0.717, 1.165) is 0 Å². The normalized spacial score (nSPS) is 20.8. The van der Waals surface area contributed by atoms with E-state index in [-0.39, 0.29) is 28.9 Å². The van der Waals surface area contributed by atoms with Gasteiger partial charge in [-0.1, -0.05) is 5.16 Å². The molecule has 0 radical (unpaired) electrons. The van der Waals surface area contributed by atoms with E-state index in [9.17, 15) is 13.2 Å². The predicted octanol–water partition coefficient (Wildman–Crippen LogP) is 1.40. The van der Waals surface area contributed by atoms with Crippen LogP contribution in [0.3, 0.4) is 0 Å². The highest BCUT2D eigenvalue weighted by molar-refractivity contribution is 9.10. The molecule has 1 unspecified atom stereocenters. The SMILES string of the molecule is Cc1[nH]c(=O)c(Br)cc1-c1nc(C2CCS(=O)(=O)C2)no1. The second kappa shape index (κ2) is 5.06. The van der Waals surface area contributed by atoms with Gasteiger partial charge >= 0.3 is 0 Å². The Morgan fingerprint density at radius 1 is 1.48 bits per heavy atom. The summed E-state index contributed by atoms with van der Waals surface area (Å²) >= 11 is 3.15. The van der Waals surface area contributed by atoms with Crippen LogP contribution in [0, 0.1) is 6.92 Å². The smallest absolute Gasteiger partial charge is 0.262 e. The first kappa shape index (κ1) is 14.5. The molecule has 0 aromatic carbocycles. The molecular weight excluding hydrogens is 362 g/mol. The highest BCUT2D eigenvalue weighted by atomic mass is 79.9. The van der Waals surface area contributed by atoms with Crippen molar-refractivity contribution in [2.45, 2.75) is 19.3 Å². The lowest BCUT2D eigenvalue weighted by atomic mass is 10.1. The van der Waals surface area contributed by atoms with Crippen molar-refractivity contribution in [1.82, 2.24) is 15.1 Å². The van der Waals surface area contributed by atoms with Gasteiger partial charge in [0.05, 0.1) is 21.5 Å². The third-order valence-electron chi connectivity index (χ3n) is 3.46. The van der Waals surface area contributed by atoms with Crippen molar-refractivity contribution in [2.24, 2.45) is 0 Å². The summed E-state index contributed by atoms with van der Waals surface area (Å²) in [5.74, 6) is 0.654. The second-order valence-electron chi connectivity index (χ2n) is 5.04. The van der Waals surface area contributed by atoms with Gasteiger partial charge in [-0.25, -0.2) is 8.42 Å². The molecule has 2 aromatic heterocycles. The van der Waals surface area contributed by atoms with Gasteiger partial charge in [-0.3, -0.25) is 4.79 Å². The van der Waals surface area contributed by atoms with Crippen molar-refractivity contribution < 1.29 is 12.9 Å². The van der Waals surface area contributed by atoms with Gasteiger partial charge in [-0.15, -0.1) is 0 Å². The summed E-state index contributed by atoms with van der Waals surface area (Å²) in [6, 6.07) is 1.61. The minimum atomic E-state index is -3.00. The summed E-state index contributed by atoms with van der Waals surface area (Å²) in [5, 5.41) is 3.88. The number of hydrogen-bond acceptors (Lipinski definition) is 6. The zero-order valence-corrected chi connectivity index (χ0v) is 13.5. The van der Waals surface area contributed by atoms with Crippen LogP contribution in [-0.4, -0.2) is 35.0 Å². The number of sulfone groups is 1. The number of aromatic nitrogens is 3. The van der Waals surface area contributed by atoms with Crippen LogP contribution in [-0.2, 0) is 9.84 Å². The van der Waals surface area contributed by atoms with E-state index >= 15 is 0 Å². The van der Waals surface area contributed by atoms with Crippen LogP contribution in [0.1, 0.15) is 23.9 Å². The first-order valence-electron chi connectivity index (χ1n) is 6.29. The van der Waals surface area contributed by atoms with Crippen LogP contribution >= 0.6 is 15.9 Å². The van der Waals surface area contributed by atoms with Crippen molar-refractivity contribution in [3.8, 4) is 11.5 Å². The van der Waals surface area contributed by atoms with Crippen LogP contribution in [0.15, 0.2) is 19.9 Å². The fraction of sp³-hybridized carbons (Fsp3) is 0.417. The fourth-order valence-electron chi connectivity index (χ4n) is 2.33. The lowest BCUT2D eigenvalue weighted by molar-refractivity contribution is 0.417. The number of aromatic amines is 1. The molecule has 3 heterocycles. The van der Waals surface area contributed by atoms with Crippen molar-refractivity contribution >= 4 is 25.8 Å². The van der Waals surface area contributed by atoms with E-state index in [2.05, 4.69) is 31.1 Å². The van der Waals surface area contributed by atoms with Crippen molar-refractivity contribution in [3.05, 3.63) is 32.4 Å². The monoisotopic (exact) mass is 373 g/mol. The molecule has 2 aromatic rings. The highest BCUT2D eigenvalue weighted by Crippen LogP contribution is 2.29. The van der Waals surface area contributed by atoms with Gasteiger partial charge in [-0.05, 0) is 35.3 Å². The largest absolute Gasteiger partial charge is 0.334 e. The molecule has 21 heavy (non-hydrogen) atoms. The molecule has 0 bridgehead atoms. The van der Waals surface area contributed by atoms with E-state index in [1.54, 1.807) is 13.0 Å². The van der Waals surface area contributed by atoms with Crippen LogP contribution < -0.4 is 5.56 Å². The van der Waals surface area contributed by atoms with Gasteiger partial charge in [0.1, 0.15) is 0 Å². The maximum Gasteiger partial charge on any atom is 0.262 e. The van der Waals surface area contributed by atoms with Gasteiger partial charge in [0, 0.05) is 11.6 Å². The molecule has 1 aliphatic heterocycles. The Balaban J connectivity index is 1.96. The van der Waals surface area contributed by atoms with Gasteiger partial charge in [-0.2, -0.15) is 4.98 Å². The summed E-state index contributed by atoms with van der Waals surface area (Å²) in [6.45, 7) is 1.73. The molecule has 9 heteroatoms.